The number of aromatic amines is 1. The van der Waals surface area contributed by atoms with Crippen LogP contribution in [-0.4, -0.2) is 52.4 Å². The van der Waals surface area contributed by atoms with Gasteiger partial charge in [0.05, 0.1) is 12.0 Å². The summed E-state index contributed by atoms with van der Waals surface area (Å²) in [5, 5.41) is 4.08. The smallest absolute Gasteiger partial charge is 0.322 e. The van der Waals surface area contributed by atoms with Crippen molar-refractivity contribution >= 4 is 34.1 Å². The van der Waals surface area contributed by atoms with Crippen LogP contribution in [-0.2, 0) is 11.2 Å². The highest BCUT2D eigenvalue weighted by Crippen LogP contribution is 2.41. The molecule has 0 saturated carbocycles. The van der Waals surface area contributed by atoms with E-state index in [1.807, 2.05) is 17.2 Å². The molecule has 7 heteroatoms. The van der Waals surface area contributed by atoms with Crippen LogP contribution in [0, 0.1) is 11.7 Å². The Morgan fingerprint density at radius 2 is 1.85 bits per heavy atom. The molecule has 3 aromatic rings. The average Bonchev–Trinajstić information content (AvgIpc) is 3.51. The fourth-order valence-corrected chi connectivity index (χ4v) is 5.52. The number of fused-ring (bicyclic) bond motifs is 2. The highest BCUT2D eigenvalue weighted by Gasteiger charge is 2.40. The Labute approximate surface area is 191 Å². The second-order valence-corrected chi connectivity index (χ2v) is 9.11. The van der Waals surface area contributed by atoms with Gasteiger partial charge in [0.25, 0.3) is 0 Å². The second kappa shape index (κ2) is 7.76. The van der Waals surface area contributed by atoms with Gasteiger partial charge in [-0.2, -0.15) is 0 Å². The van der Waals surface area contributed by atoms with E-state index in [-0.39, 0.29) is 29.7 Å². The molecule has 168 valence electrons. The number of nitrogens with one attached hydrogen (secondary N) is 2. The Bertz CT molecular complexity index is 1270. The molecule has 2 atom stereocenters. The van der Waals surface area contributed by atoms with Gasteiger partial charge in [-0.25, -0.2) is 9.18 Å². The predicted molar refractivity (Wildman–Crippen MR) is 125 cm³/mol. The summed E-state index contributed by atoms with van der Waals surface area (Å²) in [6.07, 6.45) is 6.85. The number of hydrogen-bond donors (Lipinski definition) is 2. The molecule has 3 heterocycles. The lowest BCUT2D eigenvalue weighted by Crippen LogP contribution is -2.52. The highest BCUT2D eigenvalue weighted by molar-refractivity contribution is 6.01. The van der Waals surface area contributed by atoms with Gasteiger partial charge in [-0.05, 0) is 66.3 Å². The van der Waals surface area contributed by atoms with Crippen LogP contribution >= 0.6 is 0 Å². The fourth-order valence-electron chi connectivity index (χ4n) is 5.52. The van der Waals surface area contributed by atoms with Crippen molar-refractivity contribution in [3.63, 3.8) is 0 Å². The summed E-state index contributed by atoms with van der Waals surface area (Å²) in [6.45, 7) is 1.88. The van der Waals surface area contributed by atoms with Gasteiger partial charge in [-0.1, -0.05) is 18.2 Å². The van der Waals surface area contributed by atoms with Crippen LogP contribution in [0.2, 0.25) is 0 Å². The van der Waals surface area contributed by atoms with E-state index in [9.17, 15) is 14.0 Å². The third-order valence-electron chi connectivity index (χ3n) is 7.11. The minimum Gasteiger partial charge on any atom is -0.361 e. The molecular weight excluding hydrogens is 419 g/mol. The second-order valence-electron chi connectivity index (χ2n) is 9.11. The zero-order valence-corrected chi connectivity index (χ0v) is 18.2. The molecule has 0 bridgehead atoms. The predicted octanol–water partition coefficient (Wildman–Crippen LogP) is 4.40. The Kier molecular flexibility index (Phi) is 4.71. The summed E-state index contributed by atoms with van der Waals surface area (Å²) in [4.78, 5) is 33.8. The highest BCUT2D eigenvalue weighted by atomic mass is 19.1. The molecule has 1 aromatic heterocycles. The molecule has 2 aromatic carbocycles. The molecule has 6 nitrogen and oxygen atoms in total. The SMILES string of the molecule is O=C([C@@H]1C=C2c3cccc4[nH]cc(c34)C[C@H]2N(C(=O)Nc2ccc(F)cc2)C1)N1CCCC1. The summed E-state index contributed by atoms with van der Waals surface area (Å²) in [6, 6.07) is 11.4. The number of nitrogens with zero attached hydrogens (tertiary/aromatic N) is 2. The van der Waals surface area contributed by atoms with Gasteiger partial charge in [0.2, 0.25) is 5.91 Å². The molecular formula is C26H25FN4O2. The number of H-pyrrole nitrogens is 1. The maximum atomic E-state index is 13.5. The first-order valence-corrected chi connectivity index (χ1v) is 11.5. The van der Waals surface area contributed by atoms with Gasteiger partial charge in [-0.3, -0.25) is 4.79 Å². The molecule has 1 aliphatic carbocycles. The van der Waals surface area contributed by atoms with E-state index in [1.165, 1.54) is 23.1 Å². The van der Waals surface area contributed by atoms with Crippen LogP contribution in [0.3, 0.4) is 0 Å². The number of urea groups is 1. The monoisotopic (exact) mass is 444 g/mol. The van der Waals surface area contributed by atoms with Gasteiger partial charge in [0.15, 0.2) is 0 Å². The number of carbonyl (C=O) groups excluding carboxylic acids is 2. The fraction of sp³-hybridized carbons (Fsp3) is 0.308. The molecule has 0 radical (unpaired) electrons. The van der Waals surface area contributed by atoms with E-state index in [4.69, 9.17) is 0 Å². The number of amides is 3. The summed E-state index contributed by atoms with van der Waals surface area (Å²) in [5.74, 6) is -0.651. The lowest BCUT2D eigenvalue weighted by Gasteiger charge is -2.42. The molecule has 0 spiro atoms. The maximum absolute atomic E-state index is 13.5. The summed E-state index contributed by atoms with van der Waals surface area (Å²) >= 11 is 0. The lowest BCUT2D eigenvalue weighted by atomic mass is 9.79. The molecule has 2 aliphatic heterocycles. The summed E-state index contributed by atoms with van der Waals surface area (Å²) in [7, 11) is 0. The van der Waals surface area contributed by atoms with E-state index in [0.717, 1.165) is 42.6 Å². The molecule has 1 saturated heterocycles. The van der Waals surface area contributed by atoms with Crippen LogP contribution in [0.1, 0.15) is 24.0 Å². The first kappa shape index (κ1) is 20.0. The lowest BCUT2D eigenvalue weighted by molar-refractivity contribution is -0.133. The maximum Gasteiger partial charge on any atom is 0.322 e. The third kappa shape index (κ3) is 3.39. The van der Waals surface area contributed by atoms with E-state index < -0.39 is 0 Å². The topological polar surface area (TPSA) is 68.4 Å². The van der Waals surface area contributed by atoms with E-state index in [2.05, 4.69) is 28.5 Å². The first-order chi connectivity index (χ1) is 16.1. The number of rotatable bonds is 2. The van der Waals surface area contributed by atoms with Gasteiger partial charge in [0, 0.05) is 42.4 Å². The van der Waals surface area contributed by atoms with Crippen molar-refractivity contribution in [1.82, 2.24) is 14.8 Å². The Hall–Kier alpha value is -3.61. The van der Waals surface area contributed by atoms with Crippen molar-refractivity contribution in [2.24, 2.45) is 5.92 Å². The molecule has 3 aliphatic rings. The van der Waals surface area contributed by atoms with Crippen LogP contribution in [0.5, 0.6) is 0 Å². The average molecular weight is 445 g/mol. The van der Waals surface area contributed by atoms with Crippen LogP contribution in [0.4, 0.5) is 14.9 Å². The number of aromatic nitrogens is 1. The zero-order chi connectivity index (χ0) is 22.5. The number of benzene rings is 2. The number of hydrogen-bond acceptors (Lipinski definition) is 2. The number of carbonyl (C=O) groups is 2. The Morgan fingerprint density at radius 1 is 1.06 bits per heavy atom. The molecule has 6 rings (SSSR count). The number of anilines is 1. The normalized spacial score (nSPS) is 21.7. The molecule has 2 N–H and O–H groups in total. The van der Waals surface area contributed by atoms with Crippen molar-refractivity contribution < 1.29 is 14.0 Å². The number of likely N-dealkylation sites (tertiary alicyclic amines) is 1. The van der Waals surface area contributed by atoms with Crippen LogP contribution in [0.15, 0.2) is 54.7 Å². The standard InChI is InChI=1S/C26H25FN4O2/c27-18-6-8-19(9-7-18)29-26(33)31-15-17(25(32)30-10-1-2-11-30)12-21-20-4-3-5-22-24(20)16(14-28-22)13-23(21)31/h3-9,12,14,17,23,28H,1-2,10-11,13,15H2,(H,29,33)/t17-,23-/m1/s1. The van der Waals surface area contributed by atoms with E-state index in [1.54, 1.807) is 17.0 Å². The minimum absolute atomic E-state index is 0.0880. The van der Waals surface area contributed by atoms with Crippen LogP contribution < -0.4 is 5.32 Å². The van der Waals surface area contributed by atoms with Crippen molar-refractivity contribution in [1.29, 1.82) is 0 Å². The third-order valence-corrected chi connectivity index (χ3v) is 7.11. The Morgan fingerprint density at radius 3 is 2.64 bits per heavy atom. The Balaban J connectivity index is 1.39. The van der Waals surface area contributed by atoms with Gasteiger partial charge in [0.1, 0.15) is 5.82 Å². The van der Waals surface area contributed by atoms with Crippen molar-refractivity contribution in [2.75, 3.05) is 25.0 Å². The minimum atomic E-state index is -0.385. The largest absolute Gasteiger partial charge is 0.361 e. The molecule has 1 fully saturated rings. The van der Waals surface area contributed by atoms with Gasteiger partial charge < -0.3 is 20.1 Å². The number of halogens is 1. The quantitative estimate of drug-likeness (QED) is 0.615. The van der Waals surface area contributed by atoms with Gasteiger partial charge >= 0.3 is 6.03 Å². The zero-order valence-electron chi connectivity index (χ0n) is 18.2. The van der Waals surface area contributed by atoms with Crippen molar-refractivity contribution in [3.05, 3.63) is 71.7 Å². The molecule has 33 heavy (non-hydrogen) atoms. The van der Waals surface area contributed by atoms with Gasteiger partial charge in [-0.15, -0.1) is 0 Å². The first-order valence-electron chi connectivity index (χ1n) is 11.5. The van der Waals surface area contributed by atoms with Crippen molar-refractivity contribution in [2.45, 2.75) is 25.3 Å². The van der Waals surface area contributed by atoms with Crippen LogP contribution in [0.25, 0.3) is 16.5 Å². The summed E-state index contributed by atoms with van der Waals surface area (Å²) < 4.78 is 13.3. The molecule has 0 unspecified atom stereocenters. The summed E-state index contributed by atoms with van der Waals surface area (Å²) in [5.41, 5.74) is 4.88. The molecule has 3 amide bonds. The van der Waals surface area contributed by atoms with E-state index in [0.29, 0.717) is 18.7 Å². The van der Waals surface area contributed by atoms with Crippen molar-refractivity contribution in [3.8, 4) is 0 Å². The van der Waals surface area contributed by atoms with E-state index >= 15 is 0 Å².